The van der Waals surface area contributed by atoms with Gasteiger partial charge in [0.05, 0.1) is 11.4 Å². The Morgan fingerprint density at radius 2 is 1.88 bits per heavy atom. The SMILES string of the molecule is CCCNCCNC(=O)c1ccc(S(=O)(=O)N2CCNC(=O)C2)cc1.Cl. The van der Waals surface area contributed by atoms with Crippen molar-refractivity contribution in [3.8, 4) is 0 Å². The van der Waals surface area contributed by atoms with E-state index < -0.39 is 10.0 Å². The van der Waals surface area contributed by atoms with Crippen molar-refractivity contribution < 1.29 is 18.0 Å². The van der Waals surface area contributed by atoms with Crippen molar-refractivity contribution in [1.82, 2.24) is 20.3 Å². The number of sulfonamides is 1. The number of nitrogens with one attached hydrogen (secondary N) is 3. The molecule has 0 aromatic heterocycles. The van der Waals surface area contributed by atoms with Gasteiger partial charge in [0, 0.05) is 31.7 Å². The zero-order chi connectivity index (χ0) is 18.3. The Morgan fingerprint density at radius 3 is 2.50 bits per heavy atom. The standard InChI is InChI=1S/C16H24N4O4S.ClH/c1-2-7-17-8-9-19-16(22)13-3-5-14(6-4-13)25(23,24)20-11-10-18-15(21)12-20;/h3-6,17H,2,7-12H2,1H3,(H,18,21)(H,19,22);1H. The summed E-state index contributed by atoms with van der Waals surface area (Å²) in [7, 11) is -3.73. The van der Waals surface area contributed by atoms with Crippen LogP contribution in [0.5, 0.6) is 0 Å². The Bertz CT molecular complexity index is 709. The molecular formula is C16H25ClN4O4S. The predicted octanol–water partition coefficient (Wildman–Crippen LogP) is -0.0417. The molecule has 26 heavy (non-hydrogen) atoms. The number of nitrogens with zero attached hydrogens (tertiary/aromatic N) is 1. The first kappa shape index (κ1) is 22.4. The number of rotatable bonds is 8. The zero-order valence-electron chi connectivity index (χ0n) is 14.7. The van der Waals surface area contributed by atoms with Crippen LogP contribution < -0.4 is 16.0 Å². The number of hydrogen-bond acceptors (Lipinski definition) is 5. The molecule has 0 bridgehead atoms. The van der Waals surface area contributed by atoms with Crippen LogP contribution in [0.2, 0.25) is 0 Å². The molecule has 3 N–H and O–H groups in total. The van der Waals surface area contributed by atoms with Crippen molar-refractivity contribution in [2.45, 2.75) is 18.2 Å². The summed E-state index contributed by atoms with van der Waals surface area (Å²) < 4.78 is 26.2. The minimum absolute atomic E-state index is 0. The fourth-order valence-corrected chi connectivity index (χ4v) is 3.81. The highest BCUT2D eigenvalue weighted by molar-refractivity contribution is 7.89. The van der Waals surface area contributed by atoms with E-state index in [-0.39, 0.29) is 42.2 Å². The van der Waals surface area contributed by atoms with Gasteiger partial charge in [0.25, 0.3) is 5.91 Å². The maximum absolute atomic E-state index is 12.5. The molecule has 0 radical (unpaired) electrons. The summed E-state index contributed by atoms with van der Waals surface area (Å²) in [6, 6.07) is 5.75. The van der Waals surface area contributed by atoms with Crippen LogP contribution in [0.3, 0.4) is 0 Å². The molecular weight excluding hydrogens is 380 g/mol. The third-order valence-corrected chi connectivity index (χ3v) is 5.63. The molecule has 0 spiro atoms. The number of benzene rings is 1. The molecule has 0 saturated carbocycles. The largest absolute Gasteiger partial charge is 0.354 e. The van der Waals surface area contributed by atoms with Crippen molar-refractivity contribution >= 4 is 34.2 Å². The first-order valence-electron chi connectivity index (χ1n) is 8.31. The minimum atomic E-state index is -3.73. The van der Waals surface area contributed by atoms with Gasteiger partial charge < -0.3 is 16.0 Å². The van der Waals surface area contributed by atoms with Gasteiger partial charge in [-0.1, -0.05) is 6.92 Å². The molecule has 8 nitrogen and oxygen atoms in total. The van der Waals surface area contributed by atoms with E-state index in [0.29, 0.717) is 25.2 Å². The van der Waals surface area contributed by atoms with E-state index in [2.05, 4.69) is 22.9 Å². The minimum Gasteiger partial charge on any atom is -0.354 e. The number of amides is 2. The normalized spacial score (nSPS) is 15.0. The summed E-state index contributed by atoms with van der Waals surface area (Å²) in [6.45, 7) is 4.50. The monoisotopic (exact) mass is 404 g/mol. The number of piperazine rings is 1. The molecule has 1 saturated heterocycles. The van der Waals surface area contributed by atoms with E-state index in [4.69, 9.17) is 0 Å². The maximum atomic E-state index is 12.5. The second-order valence-corrected chi connectivity index (χ2v) is 7.66. The quantitative estimate of drug-likeness (QED) is 0.527. The summed E-state index contributed by atoms with van der Waals surface area (Å²) in [6.07, 6.45) is 1.03. The van der Waals surface area contributed by atoms with Crippen LogP contribution >= 0.6 is 12.4 Å². The maximum Gasteiger partial charge on any atom is 0.251 e. The molecule has 0 atom stereocenters. The second kappa shape index (κ2) is 10.5. The zero-order valence-corrected chi connectivity index (χ0v) is 16.3. The molecule has 0 aliphatic carbocycles. The van der Waals surface area contributed by atoms with E-state index in [1.165, 1.54) is 24.3 Å². The Kier molecular flexibility index (Phi) is 9.00. The highest BCUT2D eigenvalue weighted by Crippen LogP contribution is 2.17. The first-order chi connectivity index (χ1) is 11.9. The molecule has 1 fully saturated rings. The van der Waals surface area contributed by atoms with Gasteiger partial charge in [-0.3, -0.25) is 9.59 Å². The third-order valence-electron chi connectivity index (χ3n) is 3.77. The van der Waals surface area contributed by atoms with Crippen molar-refractivity contribution in [1.29, 1.82) is 0 Å². The Hall–Kier alpha value is -1.68. The van der Waals surface area contributed by atoms with Gasteiger partial charge in [0.1, 0.15) is 0 Å². The van der Waals surface area contributed by atoms with Crippen LogP contribution in [-0.2, 0) is 14.8 Å². The van der Waals surface area contributed by atoms with Gasteiger partial charge in [-0.15, -0.1) is 12.4 Å². The van der Waals surface area contributed by atoms with Crippen LogP contribution in [0.4, 0.5) is 0 Å². The average Bonchev–Trinajstić information content (AvgIpc) is 2.61. The molecule has 146 valence electrons. The van der Waals surface area contributed by atoms with Gasteiger partial charge in [-0.25, -0.2) is 8.42 Å². The lowest BCUT2D eigenvalue weighted by Crippen LogP contribution is -2.49. The van der Waals surface area contributed by atoms with Crippen LogP contribution in [0.15, 0.2) is 29.2 Å². The highest BCUT2D eigenvalue weighted by atomic mass is 35.5. The molecule has 1 aliphatic heterocycles. The molecule has 10 heteroatoms. The summed E-state index contributed by atoms with van der Waals surface area (Å²) in [5.41, 5.74) is 0.394. The van der Waals surface area contributed by atoms with Crippen molar-refractivity contribution in [2.24, 2.45) is 0 Å². The van der Waals surface area contributed by atoms with Gasteiger partial charge in [-0.2, -0.15) is 4.31 Å². The fraction of sp³-hybridized carbons (Fsp3) is 0.500. The van der Waals surface area contributed by atoms with Crippen LogP contribution in [0, 0.1) is 0 Å². The number of carbonyl (C=O) groups excluding carboxylic acids is 2. The van der Waals surface area contributed by atoms with E-state index in [1.807, 2.05) is 0 Å². The Balaban J connectivity index is 0.00000338. The van der Waals surface area contributed by atoms with Gasteiger partial charge in [0.15, 0.2) is 0 Å². The van der Waals surface area contributed by atoms with Crippen molar-refractivity contribution in [3.05, 3.63) is 29.8 Å². The van der Waals surface area contributed by atoms with Crippen LogP contribution in [-0.4, -0.2) is 63.8 Å². The van der Waals surface area contributed by atoms with Gasteiger partial charge in [-0.05, 0) is 37.2 Å². The third kappa shape index (κ3) is 5.94. The van der Waals surface area contributed by atoms with Crippen LogP contribution in [0.25, 0.3) is 0 Å². The van der Waals surface area contributed by atoms with Crippen molar-refractivity contribution in [3.63, 3.8) is 0 Å². The van der Waals surface area contributed by atoms with Crippen molar-refractivity contribution in [2.75, 3.05) is 39.3 Å². The van der Waals surface area contributed by atoms with E-state index in [1.54, 1.807) is 0 Å². The summed E-state index contributed by atoms with van der Waals surface area (Å²) in [5, 5.41) is 8.54. The van der Waals surface area contributed by atoms with Gasteiger partial charge >= 0.3 is 0 Å². The second-order valence-electron chi connectivity index (χ2n) is 5.72. The Morgan fingerprint density at radius 1 is 1.19 bits per heavy atom. The summed E-state index contributed by atoms with van der Waals surface area (Å²) >= 11 is 0. The van der Waals surface area contributed by atoms with E-state index >= 15 is 0 Å². The van der Waals surface area contributed by atoms with Gasteiger partial charge in [0.2, 0.25) is 15.9 Å². The molecule has 1 heterocycles. The topological polar surface area (TPSA) is 108 Å². The Labute approximate surface area is 160 Å². The van der Waals surface area contributed by atoms with E-state index in [9.17, 15) is 18.0 Å². The number of halogens is 1. The lowest BCUT2D eigenvalue weighted by molar-refractivity contribution is -0.122. The molecule has 0 unspecified atom stereocenters. The lowest BCUT2D eigenvalue weighted by Gasteiger charge is -2.25. The highest BCUT2D eigenvalue weighted by Gasteiger charge is 2.29. The first-order valence-corrected chi connectivity index (χ1v) is 9.75. The number of hydrogen-bond donors (Lipinski definition) is 3. The molecule has 1 aliphatic rings. The fourth-order valence-electron chi connectivity index (χ4n) is 2.42. The molecule has 2 rings (SSSR count). The lowest BCUT2D eigenvalue weighted by atomic mass is 10.2. The predicted molar refractivity (Wildman–Crippen MR) is 101 cm³/mol. The van der Waals surface area contributed by atoms with E-state index in [0.717, 1.165) is 17.3 Å². The average molecular weight is 405 g/mol. The number of carbonyl (C=O) groups is 2. The molecule has 1 aromatic carbocycles. The summed E-state index contributed by atoms with van der Waals surface area (Å²) in [5.74, 6) is -0.567. The smallest absolute Gasteiger partial charge is 0.251 e. The molecule has 2 amide bonds. The summed E-state index contributed by atoms with van der Waals surface area (Å²) in [4.78, 5) is 23.5. The van der Waals surface area contributed by atoms with Crippen LogP contribution in [0.1, 0.15) is 23.7 Å². The molecule has 1 aromatic rings.